The van der Waals surface area contributed by atoms with Crippen LogP contribution in [-0.2, 0) is 6.18 Å². The molecular formula is C16H19F3N6. The summed E-state index contributed by atoms with van der Waals surface area (Å²) in [5.41, 5.74) is -0.694. The van der Waals surface area contributed by atoms with E-state index in [0.717, 1.165) is 11.9 Å². The number of nitrogens with zero attached hydrogens (tertiary/aromatic N) is 6. The van der Waals surface area contributed by atoms with Crippen molar-refractivity contribution in [3.63, 3.8) is 0 Å². The van der Waals surface area contributed by atoms with E-state index in [1.54, 1.807) is 11.1 Å². The molecule has 0 saturated carbocycles. The summed E-state index contributed by atoms with van der Waals surface area (Å²) in [4.78, 5) is 18.1. The number of hydrogen-bond donors (Lipinski definition) is 0. The van der Waals surface area contributed by atoms with Gasteiger partial charge in [0.15, 0.2) is 0 Å². The Labute approximate surface area is 143 Å². The molecule has 134 valence electrons. The Morgan fingerprint density at radius 2 is 1.64 bits per heavy atom. The standard InChI is InChI=1S/C16H19F3N6/c1-23(2)15-21-7-5-13(22-15)24-8-10-25(11-9-24)14-12(16(17,18)19)4-3-6-20-14/h3-7H,8-11H2,1-2H3. The number of pyridine rings is 1. The average molecular weight is 352 g/mol. The second kappa shape index (κ2) is 6.73. The fraction of sp³-hybridized carbons (Fsp3) is 0.438. The lowest BCUT2D eigenvalue weighted by molar-refractivity contribution is -0.137. The highest BCUT2D eigenvalue weighted by Gasteiger charge is 2.36. The van der Waals surface area contributed by atoms with Gasteiger partial charge in [0.2, 0.25) is 5.95 Å². The van der Waals surface area contributed by atoms with E-state index in [4.69, 9.17) is 0 Å². The van der Waals surface area contributed by atoms with E-state index in [1.165, 1.54) is 12.3 Å². The maximum atomic E-state index is 13.2. The van der Waals surface area contributed by atoms with E-state index in [1.807, 2.05) is 30.0 Å². The first-order valence-corrected chi connectivity index (χ1v) is 7.89. The first-order chi connectivity index (χ1) is 11.9. The van der Waals surface area contributed by atoms with Gasteiger partial charge in [0.25, 0.3) is 0 Å². The Morgan fingerprint density at radius 3 is 2.28 bits per heavy atom. The van der Waals surface area contributed by atoms with Crippen LogP contribution in [0.15, 0.2) is 30.6 Å². The van der Waals surface area contributed by atoms with Crippen LogP contribution in [0.4, 0.5) is 30.8 Å². The van der Waals surface area contributed by atoms with Crippen LogP contribution in [0.5, 0.6) is 0 Å². The number of halogens is 3. The monoisotopic (exact) mass is 352 g/mol. The molecule has 0 unspecified atom stereocenters. The van der Waals surface area contributed by atoms with E-state index in [2.05, 4.69) is 15.0 Å². The van der Waals surface area contributed by atoms with E-state index in [0.29, 0.717) is 32.1 Å². The fourth-order valence-electron chi connectivity index (χ4n) is 2.75. The number of hydrogen-bond acceptors (Lipinski definition) is 6. The molecule has 2 aromatic rings. The number of alkyl halides is 3. The van der Waals surface area contributed by atoms with Crippen LogP contribution >= 0.6 is 0 Å². The van der Waals surface area contributed by atoms with Crippen LogP contribution in [0.2, 0.25) is 0 Å². The van der Waals surface area contributed by atoms with Gasteiger partial charge in [0.05, 0.1) is 5.56 Å². The zero-order chi connectivity index (χ0) is 18.0. The van der Waals surface area contributed by atoms with E-state index < -0.39 is 11.7 Å². The summed E-state index contributed by atoms with van der Waals surface area (Å²) in [5.74, 6) is 1.37. The van der Waals surface area contributed by atoms with Crippen molar-refractivity contribution in [2.45, 2.75) is 6.18 Å². The van der Waals surface area contributed by atoms with Gasteiger partial charge in [-0.15, -0.1) is 0 Å². The van der Waals surface area contributed by atoms with Gasteiger partial charge < -0.3 is 14.7 Å². The maximum Gasteiger partial charge on any atom is 0.419 e. The molecule has 0 aliphatic carbocycles. The molecule has 6 nitrogen and oxygen atoms in total. The second-order valence-corrected chi connectivity index (χ2v) is 5.96. The van der Waals surface area contributed by atoms with Crippen LogP contribution in [0.3, 0.4) is 0 Å². The first kappa shape index (κ1) is 17.2. The number of rotatable bonds is 3. The largest absolute Gasteiger partial charge is 0.419 e. The van der Waals surface area contributed by atoms with Crippen molar-refractivity contribution < 1.29 is 13.2 Å². The van der Waals surface area contributed by atoms with E-state index in [-0.39, 0.29) is 5.82 Å². The third-order valence-corrected chi connectivity index (χ3v) is 4.02. The first-order valence-electron chi connectivity index (χ1n) is 7.89. The summed E-state index contributed by atoms with van der Waals surface area (Å²) in [7, 11) is 3.72. The van der Waals surface area contributed by atoms with E-state index >= 15 is 0 Å². The van der Waals surface area contributed by atoms with Crippen molar-refractivity contribution in [2.75, 3.05) is 55.0 Å². The highest BCUT2D eigenvalue weighted by atomic mass is 19.4. The van der Waals surface area contributed by atoms with Crippen molar-refractivity contribution >= 4 is 17.6 Å². The van der Waals surface area contributed by atoms with Gasteiger partial charge in [0, 0.05) is 52.7 Å². The molecule has 0 spiro atoms. The van der Waals surface area contributed by atoms with Gasteiger partial charge in [-0.05, 0) is 18.2 Å². The molecule has 0 atom stereocenters. The number of aromatic nitrogens is 3. The SMILES string of the molecule is CN(C)c1nccc(N2CCN(c3ncccc3C(F)(F)F)CC2)n1. The Balaban J connectivity index is 1.74. The van der Waals surface area contributed by atoms with Crippen LogP contribution in [0.25, 0.3) is 0 Å². The molecule has 3 heterocycles. The van der Waals surface area contributed by atoms with Crippen LogP contribution in [0, 0.1) is 0 Å². The third kappa shape index (κ3) is 3.75. The van der Waals surface area contributed by atoms with Gasteiger partial charge in [-0.2, -0.15) is 18.2 Å². The molecule has 3 rings (SSSR count). The molecule has 0 aromatic carbocycles. The molecule has 1 aliphatic rings. The van der Waals surface area contributed by atoms with Crippen LogP contribution < -0.4 is 14.7 Å². The van der Waals surface area contributed by atoms with Crippen LogP contribution in [-0.4, -0.2) is 55.2 Å². The minimum Gasteiger partial charge on any atom is -0.353 e. The molecule has 9 heteroatoms. The topological polar surface area (TPSA) is 48.4 Å². The van der Waals surface area contributed by atoms with Gasteiger partial charge in [-0.1, -0.05) is 0 Å². The van der Waals surface area contributed by atoms with Gasteiger partial charge in [-0.25, -0.2) is 9.97 Å². The normalized spacial score (nSPS) is 15.4. The molecule has 0 N–H and O–H groups in total. The maximum absolute atomic E-state index is 13.2. The van der Waals surface area contributed by atoms with Crippen molar-refractivity contribution in [1.82, 2.24) is 15.0 Å². The molecule has 1 saturated heterocycles. The average Bonchev–Trinajstić information content (AvgIpc) is 2.61. The highest BCUT2D eigenvalue weighted by Crippen LogP contribution is 2.35. The number of anilines is 3. The van der Waals surface area contributed by atoms with Gasteiger partial charge in [-0.3, -0.25) is 0 Å². The predicted molar refractivity (Wildman–Crippen MR) is 90.0 cm³/mol. The lowest BCUT2D eigenvalue weighted by atomic mass is 10.2. The molecule has 0 radical (unpaired) electrons. The molecule has 1 aliphatic heterocycles. The summed E-state index contributed by atoms with van der Waals surface area (Å²) in [5, 5.41) is 0. The Kier molecular flexibility index (Phi) is 4.65. The Hall–Kier alpha value is -2.58. The lowest BCUT2D eigenvalue weighted by Crippen LogP contribution is -2.47. The summed E-state index contributed by atoms with van der Waals surface area (Å²) in [6, 6.07) is 4.19. The number of piperazine rings is 1. The van der Waals surface area contributed by atoms with Gasteiger partial charge >= 0.3 is 6.18 Å². The summed E-state index contributed by atoms with van der Waals surface area (Å²) in [6.45, 7) is 2.03. The molecule has 1 fully saturated rings. The zero-order valence-electron chi connectivity index (χ0n) is 14.0. The zero-order valence-corrected chi connectivity index (χ0v) is 14.0. The van der Waals surface area contributed by atoms with Crippen LogP contribution in [0.1, 0.15) is 5.56 Å². The second-order valence-electron chi connectivity index (χ2n) is 5.96. The molecule has 2 aromatic heterocycles. The summed E-state index contributed by atoms with van der Waals surface area (Å²) >= 11 is 0. The van der Waals surface area contributed by atoms with Crippen molar-refractivity contribution in [2.24, 2.45) is 0 Å². The Bertz CT molecular complexity index is 726. The molecular weight excluding hydrogens is 333 g/mol. The molecule has 25 heavy (non-hydrogen) atoms. The quantitative estimate of drug-likeness (QED) is 0.845. The van der Waals surface area contributed by atoms with Gasteiger partial charge in [0.1, 0.15) is 11.6 Å². The highest BCUT2D eigenvalue weighted by molar-refractivity contribution is 5.51. The lowest BCUT2D eigenvalue weighted by Gasteiger charge is -2.37. The Morgan fingerprint density at radius 1 is 0.960 bits per heavy atom. The minimum absolute atomic E-state index is 0.00804. The van der Waals surface area contributed by atoms with Crippen molar-refractivity contribution in [3.05, 3.63) is 36.2 Å². The predicted octanol–water partition coefficient (Wildman–Crippen LogP) is 2.28. The fourth-order valence-corrected chi connectivity index (χ4v) is 2.75. The minimum atomic E-state index is -4.41. The summed E-state index contributed by atoms with van der Waals surface area (Å²) in [6.07, 6.45) is -1.33. The molecule has 0 amide bonds. The third-order valence-electron chi connectivity index (χ3n) is 4.02. The smallest absolute Gasteiger partial charge is 0.353 e. The van der Waals surface area contributed by atoms with Crippen molar-refractivity contribution in [3.8, 4) is 0 Å². The summed E-state index contributed by atoms with van der Waals surface area (Å²) < 4.78 is 39.5. The van der Waals surface area contributed by atoms with Crippen molar-refractivity contribution in [1.29, 1.82) is 0 Å². The molecule has 0 bridgehead atoms. The van der Waals surface area contributed by atoms with E-state index in [9.17, 15) is 13.2 Å².